The molecule has 3 atom stereocenters. The Labute approximate surface area is 187 Å². The van der Waals surface area contributed by atoms with E-state index < -0.39 is 56.4 Å². The van der Waals surface area contributed by atoms with E-state index >= 15 is 0 Å². The van der Waals surface area contributed by atoms with E-state index in [1.165, 1.54) is 18.7 Å². The Hall–Kier alpha value is -1.16. The minimum atomic E-state index is -1.84. The van der Waals surface area contributed by atoms with Crippen LogP contribution in [0.15, 0.2) is 11.3 Å². The first-order chi connectivity index (χ1) is 13.1. The molecule has 1 fully saturated rings. The molecule has 2 heterocycles. The van der Waals surface area contributed by atoms with Crippen LogP contribution in [-0.2, 0) is 28.7 Å². The van der Waals surface area contributed by atoms with Crippen molar-refractivity contribution in [1.82, 2.24) is 10.2 Å². The second-order valence-electron chi connectivity index (χ2n) is 7.55. The zero-order chi connectivity index (χ0) is 22.3. The highest BCUT2D eigenvalue weighted by Gasteiger charge is 2.57. The summed E-state index contributed by atoms with van der Waals surface area (Å²) in [5.41, 5.74) is -0.590. The summed E-state index contributed by atoms with van der Waals surface area (Å²) in [7, 11) is 0. The van der Waals surface area contributed by atoms with Gasteiger partial charge in [0.15, 0.2) is 0 Å². The largest absolute Gasteiger partial charge is 0.459 e. The first kappa shape index (κ1) is 24.1. The van der Waals surface area contributed by atoms with Gasteiger partial charge in [0.25, 0.3) is 5.91 Å². The van der Waals surface area contributed by atoms with Crippen molar-refractivity contribution in [1.29, 1.82) is 0 Å². The number of nitrogens with zero attached hydrogens (tertiary/aromatic N) is 1. The normalized spacial score (nSPS) is 24.5. The molecule has 1 N–H and O–H groups in total. The van der Waals surface area contributed by atoms with Crippen LogP contribution in [0.2, 0.25) is 0 Å². The molecule has 29 heavy (non-hydrogen) atoms. The quantitative estimate of drug-likeness (QED) is 0.369. The molecule has 0 aromatic carbocycles. The number of amides is 2. The average Bonchev–Trinajstić information content (AvgIpc) is 2.54. The number of carbonyl (C=O) groups excluding carboxylic acids is 4. The fourth-order valence-corrected chi connectivity index (χ4v) is 4.40. The van der Waals surface area contributed by atoms with E-state index in [0.717, 1.165) is 11.8 Å². The standard InChI is InChI=1S/C17H21Cl3N2O6S/c1-7-10(14(25)27-6-17(18,19)20)22-12(24)9(21-8(2)23)13(22)29-11(7)15(26)28-16(3,4)5/h9,11,13H,6H2,1-5H3,(H,21,23)/t9-,11+,13-/m1/s1. The second-order valence-corrected chi connectivity index (χ2v) is 11.3. The maximum Gasteiger partial charge on any atom is 0.355 e. The van der Waals surface area contributed by atoms with Gasteiger partial charge in [-0.2, -0.15) is 0 Å². The van der Waals surface area contributed by atoms with Crippen LogP contribution in [0.3, 0.4) is 0 Å². The van der Waals surface area contributed by atoms with Gasteiger partial charge in [0.2, 0.25) is 9.70 Å². The van der Waals surface area contributed by atoms with E-state index in [1.807, 2.05) is 0 Å². The van der Waals surface area contributed by atoms with Crippen molar-refractivity contribution >= 4 is 70.3 Å². The predicted molar refractivity (Wildman–Crippen MR) is 109 cm³/mol. The number of thioether (sulfide) groups is 1. The number of halogens is 3. The Kier molecular flexibility index (Phi) is 7.09. The molecule has 8 nitrogen and oxygen atoms in total. The predicted octanol–water partition coefficient (Wildman–Crippen LogP) is 2.30. The Morgan fingerprint density at radius 2 is 1.79 bits per heavy atom. The van der Waals surface area contributed by atoms with E-state index in [9.17, 15) is 19.2 Å². The molecule has 2 rings (SSSR count). The van der Waals surface area contributed by atoms with Crippen molar-refractivity contribution in [3.05, 3.63) is 11.3 Å². The lowest BCUT2D eigenvalue weighted by Gasteiger charge is -2.51. The summed E-state index contributed by atoms with van der Waals surface area (Å²) in [5.74, 6) is -2.40. The number of hydrogen-bond acceptors (Lipinski definition) is 7. The highest BCUT2D eigenvalue weighted by atomic mass is 35.6. The van der Waals surface area contributed by atoms with Crippen molar-refractivity contribution in [2.45, 2.75) is 60.7 Å². The van der Waals surface area contributed by atoms with Crippen molar-refractivity contribution in [3.8, 4) is 0 Å². The lowest BCUT2D eigenvalue weighted by molar-refractivity contribution is -0.155. The van der Waals surface area contributed by atoms with Gasteiger partial charge in [0.05, 0.1) is 0 Å². The summed E-state index contributed by atoms with van der Waals surface area (Å²) in [5, 5.41) is 0.968. The van der Waals surface area contributed by atoms with E-state index in [1.54, 1.807) is 20.8 Å². The molecule has 1 saturated heterocycles. The van der Waals surface area contributed by atoms with Gasteiger partial charge in [0, 0.05) is 6.92 Å². The SMILES string of the molecule is CC(=O)N[C@@H]1C(=O)N2C(C(=O)OCC(Cl)(Cl)Cl)=C(C)[C@@H](C(=O)OC(C)(C)C)S[C@H]12. The van der Waals surface area contributed by atoms with Gasteiger partial charge in [0.1, 0.15) is 34.6 Å². The number of nitrogens with one attached hydrogen (secondary N) is 1. The van der Waals surface area contributed by atoms with Gasteiger partial charge in [-0.1, -0.05) is 34.8 Å². The zero-order valence-electron chi connectivity index (χ0n) is 16.4. The first-order valence-corrected chi connectivity index (χ1v) is 10.6. The van der Waals surface area contributed by atoms with Crippen LogP contribution in [0, 0.1) is 0 Å². The Morgan fingerprint density at radius 1 is 1.21 bits per heavy atom. The third kappa shape index (κ3) is 5.71. The number of esters is 2. The fourth-order valence-electron chi connectivity index (χ4n) is 2.81. The molecule has 0 bridgehead atoms. The number of rotatable bonds is 4. The van der Waals surface area contributed by atoms with E-state index in [4.69, 9.17) is 44.3 Å². The molecule has 2 aliphatic heterocycles. The summed E-state index contributed by atoms with van der Waals surface area (Å²) >= 11 is 18.0. The summed E-state index contributed by atoms with van der Waals surface area (Å²) in [6.45, 7) is 7.40. The summed E-state index contributed by atoms with van der Waals surface area (Å²) in [6, 6.07) is -0.883. The number of alkyl halides is 3. The minimum Gasteiger partial charge on any atom is -0.459 e. The van der Waals surface area contributed by atoms with Gasteiger partial charge in [-0.05, 0) is 33.3 Å². The van der Waals surface area contributed by atoms with E-state index in [0.29, 0.717) is 0 Å². The van der Waals surface area contributed by atoms with Crippen molar-refractivity contribution in [2.75, 3.05) is 6.61 Å². The van der Waals surface area contributed by atoms with Crippen LogP contribution in [0.5, 0.6) is 0 Å². The molecule has 0 aliphatic carbocycles. The Balaban J connectivity index is 2.38. The average molecular weight is 488 g/mol. The first-order valence-electron chi connectivity index (χ1n) is 8.55. The van der Waals surface area contributed by atoms with Gasteiger partial charge in [-0.15, -0.1) is 11.8 Å². The van der Waals surface area contributed by atoms with Crippen molar-refractivity contribution in [3.63, 3.8) is 0 Å². The highest BCUT2D eigenvalue weighted by Crippen LogP contribution is 2.45. The third-order valence-corrected chi connectivity index (χ3v) is 5.77. The molecule has 2 aliphatic rings. The molecule has 0 unspecified atom stereocenters. The van der Waals surface area contributed by atoms with Gasteiger partial charge in [-0.25, -0.2) is 4.79 Å². The molecule has 162 valence electrons. The maximum absolute atomic E-state index is 12.7. The summed E-state index contributed by atoms with van der Waals surface area (Å²) in [6.07, 6.45) is 0. The summed E-state index contributed by atoms with van der Waals surface area (Å²) < 4.78 is 8.63. The van der Waals surface area contributed by atoms with Crippen LogP contribution in [-0.4, -0.2) is 61.3 Å². The summed E-state index contributed by atoms with van der Waals surface area (Å²) in [4.78, 5) is 50.6. The van der Waals surface area contributed by atoms with Gasteiger partial charge in [-0.3, -0.25) is 19.3 Å². The number of fused-ring (bicyclic) bond motifs is 1. The van der Waals surface area contributed by atoms with E-state index in [2.05, 4.69) is 5.32 Å². The van der Waals surface area contributed by atoms with Crippen molar-refractivity contribution < 1.29 is 28.7 Å². The van der Waals surface area contributed by atoms with Crippen molar-refractivity contribution in [2.24, 2.45) is 0 Å². The van der Waals surface area contributed by atoms with Crippen LogP contribution in [0.25, 0.3) is 0 Å². The number of β-lactam (4-membered cyclic amide) rings is 1. The fraction of sp³-hybridized carbons (Fsp3) is 0.647. The minimum absolute atomic E-state index is 0.120. The Bertz CT molecular complexity index is 774. The highest BCUT2D eigenvalue weighted by molar-refractivity contribution is 8.01. The molecule has 0 radical (unpaired) electrons. The lowest BCUT2D eigenvalue weighted by atomic mass is 10.0. The number of hydrogen-bond donors (Lipinski definition) is 1. The monoisotopic (exact) mass is 486 g/mol. The molecule has 12 heteroatoms. The number of carbonyl (C=O) groups is 4. The van der Waals surface area contributed by atoms with Crippen LogP contribution < -0.4 is 5.32 Å². The topological polar surface area (TPSA) is 102 Å². The molecule has 0 aromatic heterocycles. The third-order valence-electron chi connectivity index (χ3n) is 3.87. The van der Waals surface area contributed by atoms with E-state index in [-0.39, 0.29) is 11.3 Å². The molecule has 2 amide bonds. The lowest BCUT2D eigenvalue weighted by Crippen LogP contribution is -2.71. The molecular formula is C17H21Cl3N2O6S. The Morgan fingerprint density at radius 3 is 2.28 bits per heavy atom. The second kappa shape index (κ2) is 8.53. The van der Waals surface area contributed by atoms with Gasteiger partial charge < -0.3 is 14.8 Å². The van der Waals surface area contributed by atoms with Crippen LogP contribution in [0.1, 0.15) is 34.6 Å². The smallest absolute Gasteiger partial charge is 0.355 e. The maximum atomic E-state index is 12.7. The number of ether oxygens (including phenoxy) is 2. The van der Waals surface area contributed by atoms with Crippen LogP contribution in [0.4, 0.5) is 0 Å². The van der Waals surface area contributed by atoms with Gasteiger partial charge >= 0.3 is 11.9 Å². The molecule has 0 spiro atoms. The molecule has 0 saturated carbocycles. The molecular weight excluding hydrogens is 467 g/mol. The molecule has 0 aromatic rings. The van der Waals surface area contributed by atoms with Crippen LogP contribution >= 0.6 is 46.6 Å². The zero-order valence-corrected chi connectivity index (χ0v) is 19.5.